The third kappa shape index (κ3) is 4.11. The van der Waals surface area contributed by atoms with Gasteiger partial charge in [0.15, 0.2) is 0 Å². The van der Waals surface area contributed by atoms with Crippen LogP contribution in [0.25, 0.3) is 0 Å². The van der Waals surface area contributed by atoms with Gasteiger partial charge in [0.2, 0.25) is 0 Å². The maximum Gasteiger partial charge on any atom is 0.392 e. The van der Waals surface area contributed by atoms with E-state index in [1.165, 1.54) is 19.3 Å². The van der Waals surface area contributed by atoms with E-state index in [2.05, 4.69) is 0 Å². The Morgan fingerprint density at radius 1 is 0.895 bits per heavy atom. The van der Waals surface area contributed by atoms with Crippen LogP contribution < -0.4 is 0 Å². The molecule has 112 valence electrons. The first-order valence-corrected chi connectivity index (χ1v) is 7.73. The second-order valence-corrected chi connectivity index (χ2v) is 6.40. The second-order valence-electron chi connectivity index (χ2n) is 6.40. The molecule has 19 heavy (non-hydrogen) atoms. The number of hydrogen-bond donors (Lipinski definition) is 1. The van der Waals surface area contributed by atoms with Crippen LogP contribution in [0.2, 0.25) is 0 Å². The predicted molar refractivity (Wildman–Crippen MR) is 68.7 cm³/mol. The fraction of sp³-hybridized carbons (Fsp3) is 1.00. The van der Waals surface area contributed by atoms with Crippen LogP contribution in [0, 0.1) is 17.8 Å². The average molecular weight is 278 g/mol. The highest BCUT2D eigenvalue weighted by molar-refractivity contribution is 4.86. The normalized spacial score (nSPS) is 32.2. The van der Waals surface area contributed by atoms with Gasteiger partial charge in [-0.1, -0.05) is 44.9 Å². The molecule has 2 saturated carbocycles. The van der Waals surface area contributed by atoms with Crippen LogP contribution in [0.15, 0.2) is 0 Å². The molecule has 0 radical (unpaired) electrons. The summed E-state index contributed by atoms with van der Waals surface area (Å²) in [5.74, 6) is -1.39. The van der Waals surface area contributed by atoms with Gasteiger partial charge in [-0.05, 0) is 31.1 Å². The minimum Gasteiger partial charge on any atom is -0.393 e. The lowest BCUT2D eigenvalue weighted by Crippen LogP contribution is -2.40. The Bertz CT molecular complexity index is 271. The van der Waals surface area contributed by atoms with Crippen LogP contribution in [0.4, 0.5) is 13.2 Å². The SMILES string of the molecule is OC(CC1CCCCC1)C1CCCCC1C(F)(F)F. The number of aliphatic hydroxyl groups is 1. The lowest BCUT2D eigenvalue weighted by atomic mass is 9.72. The van der Waals surface area contributed by atoms with Gasteiger partial charge >= 0.3 is 6.18 Å². The van der Waals surface area contributed by atoms with Gasteiger partial charge in [0.05, 0.1) is 12.0 Å². The third-order valence-corrected chi connectivity index (χ3v) is 5.03. The fourth-order valence-electron chi connectivity index (χ4n) is 3.97. The molecule has 2 rings (SSSR count). The summed E-state index contributed by atoms with van der Waals surface area (Å²) in [4.78, 5) is 0. The van der Waals surface area contributed by atoms with Gasteiger partial charge in [-0.2, -0.15) is 13.2 Å². The highest BCUT2D eigenvalue weighted by Crippen LogP contribution is 2.44. The van der Waals surface area contributed by atoms with Crippen LogP contribution in [0.5, 0.6) is 0 Å². The van der Waals surface area contributed by atoms with Gasteiger partial charge < -0.3 is 5.11 Å². The summed E-state index contributed by atoms with van der Waals surface area (Å²) in [5.41, 5.74) is 0. The van der Waals surface area contributed by atoms with Crippen molar-refractivity contribution in [1.29, 1.82) is 0 Å². The molecule has 2 fully saturated rings. The number of halogens is 3. The summed E-state index contributed by atoms with van der Waals surface area (Å²) >= 11 is 0. The molecule has 0 amide bonds. The molecule has 2 aliphatic rings. The molecule has 0 aromatic carbocycles. The lowest BCUT2D eigenvalue weighted by molar-refractivity contribution is -0.207. The lowest BCUT2D eigenvalue weighted by Gasteiger charge is -2.37. The van der Waals surface area contributed by atoms with Crippen molar-refractivity contribution in [2.45, 2.75) is 76.5 Å². The van der Waals surface area contributed by atoms with Crippen molar-refractivity contribution in [3.8, 4) is 0 Å². The van der Waals surface area contributed by atoms with E-state index < -0.39 is 24.1 Å². The van der Waals surface area contributed by atoms with Gasteiger partial charge in [0, 0.05) is 0 Å². The summed E-state index contributed by atoms with van der Waals surface area (Å²) in [7, 11) is 0. The van der Waals surface area contributed by atoms with Gasteiger partial charge in [-0.3, -0.25) is 0 Å². The van der Waals surface area contributed by atoms with Crippen LogP contribution in [0.3, 0.4) is 0 Å². The van der Waals surface area contributed by atoms with E-state index in [1.54, 1.807) is 0 Å². The van der Waals surface area contributed by atoms with E-state index in [0.717, 1.165) is 19.3 Å². The molecule has 1 N–H and O–H groups in total. The zero-order valence-corrected chi connectivity index (χ0v) is 11.5. The van der Waals surface area contributed by atoms with Crippen molar-refractivity contribution in [3.63, 3.8) is 0 Å². The molecule has 2 aliphatic carbocycles. The number of alkyl halides is 3. The molecule has 3 atom stereocenters. The smallest absolute Gasteiger partial charge is 0.392 e. The number of aliphatic hydroxyl groups excluding tert-OH is 1. The summed E-state index contributed by atoms with van der Waals surface area (Å²) in [6, 6.07) is 0. The van der Waals surface area contributed by atoms with E-state index in [0.29, 0.717) is 25.2 Å². The molecule has 0 aromatic heterocycles. The van der Waals surface area contributed by atoms with E-state index in [9.17, 15) is 18.3 Å². The Morgan fingerprint density at radius 2 is 1.47 bits per heavy atom. The largest absolute Gasteiger partial charge is 0.393 e. The Morgan fingerprint density at radius 3 is 2.11 bits per heavy atom. The molecule has 4 heteroatoms. The maximum absolute atomic E-state index is 13.0. The predicted octanol–water partition coefficient (Wildman–Crippen LogP) is 4.69. The van der Waals surface area contributed by atoms with E-state index in [4.69, 9.17) is 0 Å². The van der Waals surface area contributed by atoms with Gasteiger partial charge in [-0.25, -0.2) is 0 Å². The van der Waals surface area contributed by atoms with Crippen LogP contribution >= 0.6 is 0 Å². The van der Waals surface area contributed by atoms with Gasteiger partial charge in [-0.15, -0.1) is 0 Å². The first-order valence-electron chi connectivity index (χ1n) is 7.73. The quantitative estimate of drug-likeness (QED) is 0.794. The summed E-state index contributed by atoms with van der Waals surface area (Å²) in [5, 5.41) is 10.3. The average Bonchev–Trinajstić information content (AvgIpc) is 2.39. The van der Waals surface area contributed by atoms with Crippen LogP contribution in [-0.4, -0.2) is 17.4 Å². The van der Waals surface area contributed by atoms with Crippen molar-refractivity contribution in [3.05, 3.63) is 0 Å². The Kier molecular flexibility index (Phi) is 5.15. The minimum atomic E-state index is -4.14. The third-order valence-electron chi connectivity index (χ3n) is 5.03. The van der Waals surface area contributed by atoms with E-state index in [-0.39, 0.29) is 6.42 Å². The topological polar surface area (TPSA) is 20.2 Å². The van der Waals surface area contributed by atoms with Crippen LogP contribution in [0.1, 0.15) is 64.2 Å². The van der Waals surface area contributed by atoms with Crippen molar-refractivity contribution in [2.75, 3.05) is 0 Å². The van der Waals surface area contributed by atoms with Crippen molar-refractivity contribution in [2.24, 2.45) is 17.8 Å². The molecule has 0 bridgehead atoms. The Labute approximate surface area is 113 Å². The molecule has 0 heterocycles. The highest BCUT2D eigenvalue weighted by Gasteiger charge is 2.47. The molecule has 1 nitrogen and oxygen atoms in total. The molecule has 3 unspecified atom stereocenters. The fourth-order valence-corrected chi connectivity index (χ4v) is 3.97. The molecule has 0 aromatic rings. The van der Waals surface area contributed by atoms with E-state index in [1.807, 2.05) is 0 Å². The highest BCUT2D eigenvalue weighted by atomic mass is 19.4. The Balaban J connectivity index is 1.92. The molecular formula is C15H25F3O. The summed E-state index contributed by atoms with van der Waals surface area (Å²) in [6.45, 7) is 0. The summed E-state index contributed by atoms with van der Waals surface area (Å²) in [6.07, 6.45) is 3.66. The van der Waals surface area contributed by atoms with Gasteiger partial charge in [0.1, 0.15) is 0 Å². The molecule has 0 spiro atoms. The monoisotopic (exact) mass is 278 g/mol. The van der Waals surface area contributed by atoms with Crippen molar-refractivity contribution in [1.82, 2.24) is 0 Å². The number of rotatable bonds is 3. The molecule has 0 aliphatic heterocycles. The molecular weight excluding hydrogens is 253 g/mol. The van der Waals surface area contributed by atoms with Crippen LogP contribution in [-0.2, 0) is 0 Å². The molecule has 0 saturated heterocycles. The zero-order chi connectivity index (χ0) is 13.9. The number of hydrogen-bond acceptors (Lipinski definition) is 1. The zero-order valence-electron chi connectivity index (χ0n) is 11.5. The standard InChI is InChI=1S/C15H25F3O/c16-15(17,18)13-9-5-4-8-12(13)14(19)10-11-6-2-1-3-7-11/h11-14,19H,1-10H2. The minimum absolute atomic E-state index is 0.204. The Hall–Kier alpha value is -0.250. The first kappa shape index (κ1) is 15.1. The first-order chi connectivity index (χ1) is 8.98. The second kappa shape index (κ2) is 6.47. The van der Waals surface area contributed by atoms with Crippen molar-refractivity contribution >= 4 is 0 Å². The summed E-state index contributed by atoms with van der Waals surface area (Å²) < 4.78 is 39.1. The van der Waals surface area contributed by atoms with Gasteiger partial charge in [0.25, 0.3) is 0 Å². The maximum atomic E-state index is 13.0. The van der Waals surface area contributed by atoms with E-state index >= 15 is 0 Å². The van der Waals surface area contributed by atoms with Crippen molar-refractivity contribution < 1.29 is 18.3 Å².